The predicted molar refractivity (Wildman–Crippen MR) is 81.0 cm³/mol. The first-order valence-corrected chi connectivity index (χ1v) is 8.17. The quantitative estimate of drug-likeness (QED) is 0.846. The minimum absolute atomic E-state index is 0.0662. The van der Waals surface area contributed by atoms with Crippen molar-refractivity contribution in [1.82, 2.24) is 9.71 Å². The Morgan fingerprint density at radius 1 is 1.23 bits per heavy atom. The minimum atomic E-state index is -3.65. The van der Waals surface area contributed by atoms with E-state index >= 15 is 0 Å². The summed E-state index contributed by atoms with van der Waals surface area (Å²) in [5, 5.41) is 8.90. The van der Waals surface area contributed by atoms with E-state index in [-0.39, 0.29) is 17.0 Å². The fraction of sp³-hybridized carbons (Fsp3) is 0.200. The number of carboxylic acids is 1. The van der Waals surface area contributed by atoms with Crippen molar-refractivity contribution in [2.75, 3.05) is 0 Å². The smallest absolute Gasteiger partial charge is 0.335 e. The third-order valence-electron chi connectivity index (χ3n) is 3.15. The summed E-state index contributed by atoms with van der Waals surface area (Å²) < 4.78 is 26.7. The van der Waals surface area contributed by atoms with Gasteiger partial charge in [0.2, 0.25) is 10.0 Å². The first-order valence-electron chi connectivity index (χ1n) is 6.69. The fourth-order valence-electron chi connectivity index (χ4n) is 1.86. The second-order valence-electron chi connectivity index (χ2n) is 4.66. The van der Waals surface area contributed by atoms with Crippen LogP contribution in [0.4, 0.5) is 0 Å². The summed E-state index contributed by atoms with van der Waals surface area (Å²) in [7, 11) is -3.65. The molecule has 0 saturated carbocycles. The van der Waals surface area contributed by atoms with Crippen LogP contribution in [0.2, 0.25) is 0 Å². The third-order valence-corrected chi connectivity index (χ3v) is 4.57. The summed E-state index contributed by atoms with van der Waals surface area (Å²) in [5.41, 5.74) is 1.46. The molecule has 7 heteroatoms. The second kappa shape index (κ2) is 6.67. The van der Waals surface area contributed by atoms with Gasteiger partial charge in [-0.1, -0.05) is 19.1 Å². The van der Waals surface area contributed by atoms with Crippen molar-refractivity contribution in [1.29, 1.82) is 0 Å². The molecule has 1 heterocycles. The largest absolute Gasteiger partial charge is 0.478 e. The van der Waals surface area contributed by atoms with Crippen LogP contribution in [-0.4, -0.2) is 24.5 Å². The monoisotopic (exact) mass is 320 g/mol. The van der Waals surface area contributed by atoms with Crippen molar-refractivity contribution < 1.29 is 18.3 Å². The zero-order valence-electron chi connectivity index (χ0n) is 12.0. The SMILES string of the molecule is CCc1ccc(S(=O)(=O)NCc2cc(C(=O)O)ccn2)cc1. The Kier molecular flexibility index (Phi) is 4.89. The summed E-state index contributed by atoms with van der Waals surface area (Å²) >= 11 is 0. The molecule has 2 rings (SSSR count). The van der Waals surface area contributed by atoms with E-state index < -0.39 is 16.0 Å². The minimum Gasteiger partial charge on any atom is -0.478 e. The van der Waals surface area contributed by atoms with E-state index in [4.69, 9.17) is 5.11 Å². The summed E-state index contributed by atoms with van der Waals surface area (Å²) in [6.45, 7) is 1.92. The Hall–Kier alpha value is -2.25. The lowest BCUT2D eigenvalue weighted by Crippen LogP contribution is -2.23. The van der Waals surface area contributed by atoms with Crippen LogP contribution < -0.4 is 4.72 Å². The molecule has 0 bridgehead atoms. The summed E-state index contributed by atoms with van der Waals surface area (Å²) in [6.07, 6.45) is 2.17. The molecule has 2 N–H and O–H groups in total. The molecule has 0 aliphatic heterocycles. The first kappa shape index (κ1) is 16.1. The van der Waals surface area contributed by atoms with E-state index in [9.17, 15) is 13.2 Å². The zero-order valence-corrected chi connectivity index (χ0v) is 12.8. The van der Waals surface area contributed by atoms with E-state index in [0.717, 1.165) is 12.0 Å². The molecule has 1 aromatic heterocycles. The molecular formula is C15H16N2O4S. The Balaban J connectivity index is 2.12. The molecule has 6 nitrogen and oxygen atoms in total. The molecule has 0 amide bonds. The second-order valence-corrected chi connectivity index (χ2v) is 6.43. The van der Waals surface area contributed by atoms with Gasteiger partial charge < -0.3 is 5.11 Å². The number of benzene rings is 1. The highest BCUT2D eigenvalue weighted by molar-refractivity contribution is 7.89. The van der Waals surface area contributed by atoms with Gasteiger partial charge in [-0.05, 0) is 36.2 Å². The van der Waals surface area contributed by atoms with Gasteiger partial charge in [-0.2, -0.15) is 0 Å². The Labute approximate surface area is 128 Å². The number of rotatable bonds is 6. The number of hydrogen-bond acceptors (Lipinski definition) is 4. The van der Waals surface area contributed by atoms with Crippen molar-refractivity contribution in [2.45, 2.75) is 24.8 Å². The van der Waals surface area contributed by atoms with Gasteiger partial charge in [0.1, 0.15) is 0 Å². The lowest BCUT2D eigenvalue weighted by Gasteiger charge is -2.07. The van der Waals surface area contributed by atoms with Gasteiger partial charge in [0.25, 0.3) is 0 Å². The highest BCUT2D eigenvalue weighted by Crippen LogP contribution is 2.11. The van der Waals surface area contributed by atoms with Gasteiger partial charge in [-0.15, -0.1) is 0 Å². The van der Waals surface area contributed by atoms with Gasteiger partial charge >= 0.3 is 5.97 Å². The number of hydrogen-bond donors (Lipinski definition) is 2. The molecule has 22 heavy (non-hydrogen) atoms. The number of nitrogens with one attached hydrogen (secondary N) is 1. The molecule has 0 fully saturated rings. The zero-order chi connectivity index (χ0) is 16.2. The number of carbonyl (C=O) groups is 1. The van der Waals surface area contributed by atoms with Crippen LogP contribution in [0.3, 0.4) is 0 Å². The molecule has 0 aliphatic rings. The highest BCUT2D eigenvalue weighted by Gasteiger charge is 2.14. The van der Waals surface area contributed by atoms with E-state index in [0.29, 0.717) is 5.69 Å². The molecule has 0 saturated heterocycles. The topological polar surface area (TPSA) is 96.4 Å². The normalized spacial score (nSPS) is 11.3. The van der Waals surface area contributed by atoms with Crippen LogP contribution in [-0.2, 0) is 23.0 Å². The molecule has 1 aromatic carbocycles. The van der Waals surface area contributed by atoms with Gasteiger partial charge in [0.05, 0.1) is 22.7 Å². The Morgan fingerprint density at radius 3 is 2.50 bits per heavy atom. The van der Waals surface area contributed by atoms with Crippen molar-refractivity contribution in [3.05, 3.63) is 59.4 Å². The summed E-state index contributed by atoms with van der Waals surface area (Å²) in [5.74, 6) is -1.08. The maximum atomic E-state index is 12.2. The number of aromatic carboxylic acids is 1. The van der Waals surface area contributed by atoms with E-state index in [2.05, 4.69) is 9.71 Å². The van der Waals surface area contributed by atoms with Crippen LogP contribution in [0.1, 0.15) is 28.5 Å². The first-order chi connectivity index (χ1) is 10.4. The van der Waals surface area contributed by atoms with Crippen LogP contribution in [0.5, 0.6) is 0 Å². The van der Waals surface area contributed by atoms with Gasteiger partial charge in [0.15, 0.2) is 0 Å². The highest BCUT2D eigenvalue weighted by atomic mass is 32.2. The number of carboxylic acid groups (broad SMARTS) is 1. The summed E-state index contributed by atoms with van der Waals surface area (Å²) in [4.78, 5) is 15.0. The molecule has 0 radical (unpaired) electrons. The number of aromatic nitrogens is 1. The van der Waals surface area contributed by atoms with E-state index in [1.807, 2.05) is 6.92 Å². The number of aryl methyl sites for hydroxylation is 1. The average Bonchev–Trinajstić information content (AvgIpc) is 2.53. The number of sulfonamides is 1. The van der Waals surface area contributed by atoms with E-state index in [1.165, 1.54) is 18.3 Å². The van der Waals surface area contributed by atoms with Crippen molar-refractivity contribution in [3.8, 4) is 0 Å². The average molecular weight is 320 g/mol. The third kappa shape index (κ3) is 3.90. The van der Waals surface area contributed by atoms with Crippen LogP contribution in [0.25, 0.3) is 0 Å². The van der Waals surface area contributed by atoms with Gasteiger partial charge in [-0.25, -0.2) is 17.9 Å². The number of nitrogens with zero attached hydrogens (tertiary/aromatic N) is 1. The molecule has 2 aromatic rings. The predicted octanol–water partition coefficient (Wildman–Crippen LogP) is 1.82. The van der Waals surface area contributed by atoms with Crippen molar-refractivity contribution >= 4 is 16.0 Å². The lowest BCUT2D eigenvalue weighted by atomic mass is 10.2. The number of pyridine rings is 1. The Bertz CT molecular complexity index is 770. The summed E-state index contributed by atoms with van der Waals surface area (Å²) in [6, 6.07) is 9.30. The van der Waals surface area contributed by atoms with Gasteiger partial charge in [0, 0.05) is 6.20 Å². The van der Waals surface area contributed by atoms with Crippen LogP contribution >= 0.6 is 0 Å². The van der Waals surface area contributed by atoms with Gasteiger partial charge in [-0.3, -0.25) is 4.98 Å². The lowest BCUT2D eigenvalue weighted by molar-refractivity contribution is 0.0696. The van der Waals surface area contributed by atoms with Crippen molar-refractivity contribution in [3.63, 3.8) is 0 Å². The van der Waals surface area contributed by atoms with Crippen LogP contribution in [0, 0.1) is 0 Å². The maximum Gasteiger partial charge on any atom is 0.335 e. The Morgan fingerprint density at radius 2 is 1.91 bits per heavy atom. The van der Waals surface area contributed by atoms with E-state index in [1.54, 1.807) is 24.3 Å². The standard InChI is InChI=1S/C15H16N2O4S/c1-2-11-3-5-14(6-4-11)22(20,21)17-10-13-9-12(15(18)19)7-8-16-13/h3-9,17H,2,10H2,1H3,(H,18,19). The molecular weight excluding hydrogens is 304 g/mol. The molecule has 0 aliphatic carbocycles. The fourth-order valence-corrected chi connectivity index (χ4v) is 2.86. The van der Waals surface area contributed by atoms with Crippen molar-refractivity contribution in [2.24, 2.45) is 0 Å². The molecule has 0 spiro atoms. The maximum absolute atomic E-state index is 12.2. The van der Waals surface area contributed by atoms with Crippen LogP contribution in [0.15, 0.2) is 47.5 Å². The molecule has 116 valence electrons. The molecule has 0 unspecified atom stereocenters. The molecule has 0 atom stereocenters.